The fourth-order valence-electron chi connectivity index (χ4n) is 1.42. The molecule has 0 bridgehead atoms. The zero-order valence-corrected chi connectivity index (χ0v) is 11.1. The summed E-state index contributed by atoms with van der Waals surface area (Å²) >= 11 is 0. The van der Waals surface area contributed by atoms with Gasteiger partial charge in [-0.25, -0.2) is 0 Å². The Labute approximate surface area is 107 Å². The van der Waals surface area contributed by atoms with Crippen LogP contribution < -0.4 is 10.5 Å². The van der Waals surface area contributed by atoms with Crippen LogP contribution >= 0.6 is 0 Å². The van der Waals surface area contributed by atoms with Gasteiger partial charge in [-0.2, -0.15) is 0 Å². The first kappa shape index (κ1) is 14.4. The van der Waals surface area contributed by atoms with E-state index in [4.69, 9.17) is 10.5 Å². The van der Waals surface area contributed by atoms with Gasteiger partial charge in [-0.1, -0.05) is 26.8 Å². The minimum absolute atomic E-state index is 0.0214. The molecule has 0 heterocycles. The number of ether oxygens (including phenoxy) is 1. The molecule has 0 saturated carbocycles. The maximum absolute atomic E-state index is 10.9. The Morgan fingerprint density at radius 3 is 2.56 bits per heavy atom. The lowest BCUT2D eigenvalue weighted by Crippen LogP contribution is -2.11. The highest BCUT2D eigenvalue weighted by Crippen LogP contribution is 2.29. The molecule has 0 spiro atoms. The van der Waals surface area contributed by atoms with Gasteiger partial charge < -0.3 is 10.5 Å². The van der Waals surface area contributed by atoms with Crippen molar-refractivity contribution in [3.05, 3.63) is 33.9 Å². The van der Waals surface area contributed by atoms with Crippen LogP contribution in [-0.4, -0.2) is 11.5 Å². The van der Waals surface area contributed by atoms with Crippen molar-refractivity contribution in [2.24, 2.45) is 11.1 Å². The molecule has 1 aromatic carbocycles. The number of nitrogens with two attached hydrogens (primary N) is 1. The van der Waals surface area contributed by atoms with Gasteiger partial charge in [-0.15, -0.1) is 0 Å². The average molecular weight is 252 g/mol. The van der Waals surface area contributed by atoms with E-state index in [0.29, 0.717) is 12.4 Å². The Morgan fingerprint density at radius 2 is 2.06 bits per heavy atom. The van der Waals surface area contributed by atoms with Crippen LogP contribution in [0.3, 0.4) is 0 Å². The summed E-state index contributed by atoms with van der Waals surface area (Å²) in [5, 5.41) is 10.9. The molecule has 100 valence electrons. The largest absolute Gasteiger partial charge is 0.487 e. The van der Waals surface area contributed by atoms with Crippen LogP contribution in [0.15, 0.2) is 18.2 Å². The van der Waals surface area contributed by atoms with E-state index in [0.717, 1.165) is 12.0 Å². The fourth-order valence-corrected chi connectivity index (χ4v) is 1.42. The summed E-state index contributed by atoms with van der Waals surface area (Å²) < 4.78 is 5.49. The predicted octanol–water partition coefficient (Wildman–Crippen LogP) is 2.87. The second-order valence-electron chi connectivity index (χ2n) is 5.42. The molecule has 5 nitrogen and oxygen atoms in total. The first-order valence-electron chi connectivity index (χ1n) is 5.93. The van der Waals surface area contributed by atoms with Crippen molar-refractivity contribution < 1.29 is 9.66 Å². The van der Waals surface area contributed by atoms with E-state index in [-0.39, 0.29) is 17.6 Å². The third-order valence-corrected chi connectivity index (χ3v) is 2.57. The van der Waals surface area contributed by atoms with Crippen molar-refractivity contribution in [1.82, 2.24) is 0 Å². The Morgan fingerprint density at radius 1 is 1.39 bits per heavy atom. The third-order valence-electron chi connectivity index (χ3n) is 2.57. The summed E-state index contributed by atoms with van der Waals surface area (Å²) in [6, 6.07) is 4.83. The van der Waals surface area contributed by atoms with Crippen molar-refractivity contribution in [2.45, 2.75) is 33.7 Å². The molecule has 0 atom stereocenters. The molecule has 0 aliphatic rings. The number of rotatable bonds is 5. The Hall–Kier alpha value is -1.62. The molecule has 0 aliphatic heterocycles. The molecule has 0 unspecified atom stereocenters. The average Bonchev–Trinajstić information content (AvgIpc) is 2.27. The third kappa shape index (κ3) is 4.33. The minimum atomic E-state index is -0.439. The lowest BCUT2D eigenvalue weighted by atomic mass is 9.93. The SMILES string of the molecule is CC(C)(C)CCOc1ccc(CN)cc1[N+](=O)[O-]. The number of nitrogens with zero attached hydrogens (tertiary/aromatic N) is 1. The van der Waals surface area contributed by atoms with E-state index in [2.05, 4.69) is 20.8 Å². The van der Waals surface area contributed by atoms with E-state index in [1.165, 1.54) is 6.07 Å². The van der Waals surface area contributed by atoms with Crippen LogP contribution in [-0.2, 0) is 6.54 Å². The second-order valence-corrected chi connectivity index (χ2v) is 5.42. The maximum Gasteiger partial charge on any atom is 0.311 e. The Balaban J connectivity index is 2.79. The van der Waals surface area contributed by atoms with Gasteiger partial charge >= 0.3 is 5.69 Å². The first-order valence-corrected chi connectivity index (χ1v) is 5.93. The number of hydrogen-bond donors (Lipinski definition) is 1. The molecule has 2 N–H and O–H groups in total. The van der Waals surface area contributed by atoms with Crippen molar-refractivity contribution in [3.8, 4) is 5.75 Å². The van der Waals surface area contributed by atoms with Gasteiger partial charge in [0, 0.05) is 12.6 Å². The summed E-state index contributed by atoms with van der Waals surface area (Å²) in [5.74, 6) is 0.307. The van der Waals surface area contributed by atoms with Crippen LogP contribution in [0.1, 0.15) is 32.8 Å². The van der Waals surface area contributed by atoms with Gasteiger partial charge in [0.15, 0.2) is 5.75 Å². The highest BCUT2D eigenvalue weighted by atomic mass is 16.6. The standard InChI is InChI=1S/C13H20N2O3/c1-13(2,3)6-7-18-12-5-4-10(9-14)8-11(12)15(16)17/h4-5,8H,6-7,9,14H2,1-3H3. The van der Waals surface area contributed by atoms with Crippen molar-refractivity contribution in [3.63, 3.8) is 0 Å². The lowest BCUT2D eigenvalue weighted by molar-refractivity contribution is -0.385. The molecule has 0 fully saturated rings. The van der Waals surface area contributed by atoms with Gasteiger partial charge in [0.2, 0.25) is 0 Å². The van der Waals surface area contributed by atoms with Crippen molar-refractivity contribution in [1.29, 1.82) is 0 Å². The van der Waals surface area contributed by atoms with Crippen LogP contribution in [0.25, 0.3) is 0 Å². The molecule has 18 heavy (non-hydrogen) atoms. The number of nitro groups is 1. The van der Waals surface area contributed by atoms with Gasteiger partial charge in [-0.05, 0) is 23.5 Å². The summed E-state index contributed by atoms with van der Waals surface area (Å²) in [6.07, 6.45) is 0.836. The van der Waals surface area contributed by atoms with Gasteiger partial charge in [0.05, 0.1) is 11.5 Å². The summed E-state index contributed by atoms with van der Waals surface area (Å²) in [7, 11) is 0. The van der Waals surface area contributed by atoms with E-state index in [1.54, 1.807) is 12.1 Å². The van der Waals surface area contributed by atoms with Gasteiger partial charge in [0.25, 0.3) is 0 Å². The predicted molar refractivity (Wildman–Crippen MR) is 70.6 cm³/mol. The second kappa shape index (κ2) is 5.82. The molecular weight excluding hydrogens is 232 g/mol. The smallest absolute Gasteiger partial charge is 0.311 e. The topological polar surface area (TPSA) is 78.4 Å². The first-order chi connectivity index (χ1) is 8.33. The van der Waals surface area contributed by atoms with Gasteiger partial charge in [-0.3, -0.25) is 10.1 Å². The fraction of sp³-hybridized carbons (Fsp3) is 0.538. The minimum Gasteiger partial charge on any atom is -0.487 e. The lowest BCUT2D eigenvalue weighted by Gasteiger charge is -2.18. The highest BCUT2D eigenvalue weighted by Gasteiger charge is 2.17. The summed E-state index contributed by atoms with van der Waals surface area (Å²) in [6.45, 7) is 7.04. The number of nitro benzene ring substituents is 1. The molecule has 0 aromatic heterocycles. The van der Waals surface area contributed by atoms with Crippen LogP contribution in [0.2, 0.25) is 0 Å². The van der Waals surface area contributed by atoms with Gasteiger partial charge in [0.1, 0.15) is 0 Å². The zero-order chi connectivity index (χ0) is 13.8. The van der Waals surface area contributed by atoms with E-state index >= 15 is 0 Å². The van der Waals surface area contributed by atoms with Crippen LogP contribution in [0.4, 0.5) is 5.69 Å². The van der Waals surface area contributed by atoms with E-state index in [1.807, 2.05) is 0 Å². The Kier molecular flexibility index (Phi) is 4.67. The quantitative estimate of drug-likeness (QED) is 0.645. The number of benzene rings is 1. The molecule has 5 heteroatoms. The number of hydrogen-bond acceptors (Lipinski definition) is 4. The molecule has 0 aliphatic carbocycles. The highest BCUT2D eigenvalue weighted by molar-refractivity contribution is 5.48. The Bertz CT molecular complexity index is 425. The van der Waals surface area contributed by atoms with E-state index in [9.17, 15) is 10.1 Å². The van der Waals surface area contributed by atoms with E-state index < -0.39 is 4.92 Å². The zero-order valence-electron chi connectivity index (χ0n) is 11.1. The summed E-state index contributed by atoms with van der Waals surface area (Å²) in [5.41, 5.74) is 6.31. The monoisotopic (exact) mass is 252 g/mol. The maximum atomic E-state index is 10.9. The summed E-state index contributed by atoms with van der Waals surface area (Å²) in [4.78, 5) is 10.5. The molecule has 0 radical (unpaired) electrons. The molecular formula is C13H20N2O3. The van der Waals surface area contributed by atoms with Crippen molar-refractivity contribution >= 4 is 5.69 Å². The normalized spacial score (nSPS) is 11.3. The van der Waals surface area contributed by atoms with Crippen LogP contribution in [0.5, 0.6) is 5.75 Å². The molecule has 1 rings (SSSR count). The van der Waals surface area contributed by atoms with Crippen molar-refractivity contribution in [2.75, 3.05) is 6.61 Å². The van der Waals surface area contributed by atoms with Crippen LogP contribution in [0, 0.1) is 15.5 Å². The molecule has 1 aromatic rings. The molecule has 0 saturated heterocycles. The molecule has 0 amide bonds.